The van der Waals surface area contributed by atoms with E-state index in [4.69, 9.17) is 4.74 Å². The van der Waals surface area contributed by atoms with Gasteiger partial charge in [-0.15, -0.1) is 0 Å². The molecule has 1 amide bonds. The molecule has 0 aliphatic carbocycles. The summed E-state index contributed by atoms with van der Waals surface area (Å²) >= 11 is 0. The predicted molar refractivity (Wildman–Crippen MR) is 64.7 cm³/mol. The van der Waals surface area contributed by atoms with Crippen molar-refractivity contribution in [1.29, 1.82) is 0 Å². The van der Waals surface area contributed by atoms with Crippen LogP contribution < -0.4 is 5.32 Å². The first kappa shape index (κ1) is 11.5. The number of fused-ring (bicyclic) bond motifs is 1. The van der Waals surface area contributed by atoms with Crippen LogP contribution in [0.2, 0.25) is 0 Å². The van der Waals surface area contributed by atoms with Crippen LogP contribution in [0.5, 0.6) is 0 Å². The Hall–Kier alpha value is -0.610. The Balaban J connectivity index is 1.71. The van der Waals surface area contributed by atoms with E-state index >= 15 is 0 Å². The quantitative estimate of drug-likeness (QED) is 0.733. The van der Waals surface area contributed by atoms with E-state index < -0.39 is 0 Å². The summed E-state index contributed by atoms with van der Waals surface area (Å²) in [7, 11) is 0. The van der Waals surface area contributed by atoms with Crippen molar-refractivity contribution in [2.24, 2.45) is 5.92 Å². The number of hydrogen-bond acceptors (Lipinski definition) is 3. The van der Waals surface area contributed by atoms with Crippen molar-refractivity contribution in [3.05, 3.63) is 0 Å². The molecule has 3 aliphatic heterocycles. The molecule has 0 aromatic carbocycles. The highest BCUT2D eigenvalue weighted by Crippen LogP contribution is 2.33. The van der Waals surface area contributed by atoms with Crippen LogP contribution in [0.15, 0.2) is 0 Å². The molecule has 96 valence electrons. The van der Waals surface area contributed by atoms with Crippen molar-refractivity contribution in [2.75, 3.05) is 19.7 Å². The second-order valence-corrected chi connectivity index (χ2v) is 5.67. The Kier molecular flexibility index (Phi) is 3.09. The van der Waals surface area contributed by atoms with Crippen LogP contribution in [-0.4, -0.2) is 48.7 Å². The molecule has 0 bridgehead atoms. The molecule has 4 atom stereocenters. The predicted octanol–water partition coefficient (Wildman–Crippen LogP) is 0.764. The van der Waals surface area contributed by atoms with E-state index in [-0.39, 0.29) is 12.0 Å². The Bertz CT molecular complexity index is 302. The Morgan fingerprint density at radius 1 is 1.35 bits per heavy atom. The second kappa shape index (κ2) is 4.58. The monoisotopic (exact) mass is 238 g/mol. The van der Waals surface area contributed by atoms with Crippen LogP contribution in [0.25, 0.3) is 0 Å². The number of carbonyl (C=O) groups excluding carboxylic acids is 1. The SMILES string of the molecule is CC1CC2CNCC2N1C(=O)C1CCCCO1. The molecule has 0 radical (unpaired) electrons. The average molecular weight is 238 g/mol. The van der Waals surface area contributed by atoms with Crippen molar-refractivity contribution in [1.82, 2.24) is 10.2 Å². The number of amides is 1. The van der Waals surface area contributed by atoms with E-state index in [0.29, 0.717) is 18.0 Å². The third kappa shape index (κ3) is 1.97. The number of ether oxygens (including phenoxy) is 1. The van der Waals surface area contributed by atoms with Gasteiger partial charge in [-0.05, 0) is 38.5 Å². The summed E-state index contributed by atoms with van der Waals surface area (Å²) < 4.78 is 5.64. The molecule has 0 saturated carbocycles. The summed E-state index contributed by atoms with van der Waals surface area (Å²) in [4.78, 5) is 14.6. The summed E-state index contributed by atoms with van der Waals surface area (Å²) in [5, 5.41) is 3.40. The van der Waals surface area contributed by atoms with Gasteiger partial charge in [0.15, 0.2) is 0 Å². The van der Waals surface area contributed by atoms with Gasteiger partial charge >= 0.3 is 0 Å². The number of carbonyl (C=O) groups is 1. The minimum Gasteiger partial charge on any atom is -0.368 e. The summed E-state index contributed by atoms with van der Waals surface area (Å²) in [6.45, 7) is 4.97. The van der Waals surface area contributed by atoms with E-state index in [2.05, 4.69) is 17.1 Å². The van der Waals surface area contributed by atoms with Gasteiger partial charge in [-0.1, -0.05) is 0 Å². The first-order valence-electron chi connectivity index (χ1n) is 6.92. The zero-order valence-electron chi connectivity index (χ0n) is 10.5. The van der Waals surface area contributed by atoms with Gasteiger partial charge in [-0.2, -0.15) is 0 Å². The Morgan fingerprint density at radius 3 is 3.00 bits per heavy atom. The van der Waals surface area contributed by atoms with Gasteiger partial charge in [0, 0.05) is 31.8 Å². The van der Waals surface area contributed by atoms with Gasteiger partial charge in [0.05, 0.1) is 0 Å². The average Bonchev–Trinajstić information content (AvgIpc) is 2.89. The van der Waals surface area contributed by atoms with Gasteiger partial charge < -0.3 is 15.0 Å². The minimum absolute atomic E-state index is 0.162. The topological polar surface area (TPSA) is 41.6 Å². The Morgan fingerprint density at radius 2 is 2.24 bits per heavy atom. The van der Waals surface area contributed by atoms with Crippen LogP contribution in [0.4, 0.5) is 0 Å². The van der Waals surface area contributed by atoms with E-state index in [9.17, 15) is 4.79 Å². The maximum absolute atomic E-state index is 12.5. The molecule has 3 saturated heterocycles. The molecule has 4 unspecified atom stereocenters. The highest BCUT2D eigenvalue weighted by molar-refractivity contribution is 5.82. The van der Waals surface area contributed by atoms with Crippen LogP contribution >= 0.6 is 0 Å². The molecule has 3 rings (SSSR count). The molecule has 0 aromatic rings. The number of nitrogens with one attached hydrogen (secondary N) is 1. The van der Waals surface area contributed by atoms with Crippen molar-refractivity contribution in [3.63, 3.8) is 0 Å². The lowest BCUT2D eigenvalue weighted by Crippen LogP contribution is -2.49. The van der Waals surface area contributed by atoms with Gasteiger partial charge in [0.2, 0.25) is 0 Å². The van der Waals surface area contributed by atoms with Gasteiger partial charge in [0.25, 0.3) is 5.91 Å². The smallest absolute Gasteiger partial charge is 0.252 e. The number of rotatable bonds is 1. The van der Waals surface area contributed by atoms with E-state index in [1.165, 1.54) is 0 Å². The Labute approximate surface area is 103 Å². The molecular formula is C13H22N2O2. The largest absolute Gasteiger partial charge is 0.368 e. The first-order chi connectivity index (χ1) is 8.27. The van der Waals surface area contributed by atoms with Crippen LogP contribution in [0, 0.1) is 5.92 Å². The normalized spacial score (nSPS) is 41.6. The molecule has 0 aromatic heterocycles. The van der Waals surface area contributed by atoms with Gasteiger partial charge in [0.1, 0.15) is 6.10 Å². The van der Waals surface area contributed by atoms with Crippen LogP contribution in [0.3, 0.4) is 0 Å². The fourth-order valence-electron chi connectivity index (χ4n) is 3.65. The molecule has 4 heteroatoms. The van der Waals surface area contributed by atoms with E-state index in [1.807, 2.05) is 0 Å². The zero-order valence-corrected chi connectivity index (χ0v) is 10.5. The third-order valence-electron chi connectivity index (χ3n) is 4.49. The zero-order chi connectivity index (χ0) is 11.8. The lowest BCUT2D eigenvalue weighted by atomic mass is 10.0. The lowest BCUT2D eigenvalue weighted by molar-refractivity contribution is -0.149. The van der Waals surface area contributed by atoms with Gasteiger partial charge in [-0.25, -0.2) is 0 Å². The van der Waals surface area contributed by atoms with Crippen molar-refractivity contribution < 1.29 is 9.53 Å². The van der Waals surface area contributed by atoms with Crippen LogP contribution in [0.1, 0.15) is 32.6 Å². The third-order valence-corrected chi connectivity index (χ3v) is 4.49. The van der Waals surface area contributed by atoms with Crippen molar-refractivity contribution in [2.45, 2.75) is 50.8 Å². The summed E-state index contributed by atoms with van der Waals surface area (Å²) in [5.41, 5.74) is 0. The molecule has 0 spiro atoms. The maximum atomic E-state index is 12.5. The van der Waals surface area contributed by atoms with Crippen LogP contribution in [-0.2, 0) is 9.53 Å². The number of likely N-dealkylation sites (tertiary alicyclic amines) is 1. The summed E-state index contributed by atoms with van der Waals surface area (Å²) in [5.74, 6) is 0.908. The molecule has 3 heterocycles. The fourth-order valence-corrected chi connectivity index (χ4v) is 3.65. The molecule has 3 aliphatic rings. The first-order valence-corrected chi connectivity index (χ1v) is 6.92. The standard InChI is InChI=1S/C13H22N2O2/c1-9-6-10-7-14-8-11(10)15(9)13(16)12-4-2-3-5-17-12/h9-12,14H,2-8H2,1H3. The van der Waals surface area contributed by atoms with E-state index in [1.54, 1.807) is 0 Å². The summed E-state index contributed by atoms with van der Waals surface area (Å²) in [6.07, 6.45) is 4.13. The molecule has 17 heavy (non-hydrogen) atoms. The molecule has 1 N–H and O–H groups in total. The fraction of sp³-hybridized carbons (Fsp3) is 0.923. The lowest BCUT2D eigenvalue weighted by Gasteiger charge is -2.32. The molecular weight excluding hydrogens is 216 g/mol. The van der Waals surface area contributed by atoms with E-state index in [0.717, 1.165) is 45.4 Å². The highest BCUT2D eigenvalue weighted by Gasteiger charge is 2.45. The molecule has 3 fully saturated rings. The van der Waals surface area contributed by atoms with Crippen molar-refractivity contribution in [3.8, 4) is 0 Å². The number of nitrogens with zero attached hydrogens (tertiary/aromatic N) is 1. The minimum atomic E-state index is -0.162. The number of hydrogen-bond donors (Lipinski definition) is 1. The second-order valence-electron chi connectivity index (χ2n) is 5.67. The summed E-state index contributed by atoms with van der Waals surface area (Å²) in [6, 6.07) is 0.813. The highest BCUT2D eigenvalue weighted by atomic mass is 16.5. The molecule has 4 nitrogen and oxygen atoms in total. The van der Waals surface area contributed by atoms with Crippen molar-refractivity contribution >= 4 is 5.91 Å². The van der Waals surface area contributed by atoms with Gasteiger partial charge in [-0.3, -0.25) is 4.79 Å². The maximum Gasteiger partial charge on any atom is 0.252 e.